The number of amides is 1. The van der Waals surface area contributed by atoms with Crippen LogP contribution in [-0.2, 0) is 38.8 Å². The van der Waals surface area contributed by atoms with Crippen molar-refractivity contribution in [1.29, 1.82) is 0 Å². The molecule has 212 valence electrons. The number of nitrogens with two attached hydrogens (primary N) is 2. The van der Waals surface area contributed by atoms with Crippen LogP contribution < -0.4 is 16.2 Å². The van der Waals surface area contributed by atoms with Crippen molar-refractivity contribution < 1.29 is 28.9 Å². The number of nitrogens with zero attached hydrogens (tertiary/aromatic N) is 2. The predicted molar refractivity (Wildman–Crippen MR) is 145 cm³/mol. The van der Waals surface area contributed by atoms with Crippen LogP contribution in [-0.4, -0.2) is 64.4 Å². The molecule has 4 rings (SSSR count). The van der Waals surface area contributed by atoms with Gasteiger partial charge in [-0.2, -0.15) is 0 Å². The molecular formula is C29H40N4O6. The van der Waals surface area contributed by atoms with Crippen molar-refractivity contribution in [2.75, 3.05) is 26.3 Å². The summed E-state index contributed by atoms with van der Waals surface area (Å²) in [6.07, 6.45) is -1.41. The van der Waals surface area contributed by atoms with Crippen LogP contribution in [0, 0.1) is 0 Å². The maximum atomic E-state index is 12.5. The second kappa shape index (κ2) is 12.0. The zero-order valence-corrected chi connectivity index (χ0v) is 23.0. The molecule has 2 heterocycles. The lowest BCUT2D eigenvalue weighted by molar-refractivity contribution is -0.157. The smallest absolute Gasteiger partial charge is 0.306 e. The fourth-order valence-electron chi connectivity index (χ4n) is 4.93. The van der Waals surface area contributed by atoms with E-state index in [9.17, 15) is 14.7 Å². The number of hydrogen-bond donors (Lipinski definition) is 3. The van der Waals surface area contributed by atoms with Gasteiger partial charge in [-0.3, -0.25) is 14.5 Å². The van der Waals surface area contributed by atoms with E-state index >= 15 is 0 Å². The molecule has 1 saturated heterocycles. The van der Waals surface area contributed by atoms with Crippen LogP contribution in [0.1, 0.15) is 62.1 Å². The highest BCUT2D eigenvalue weighted by atomic mass is 16.6. The SMILES string of the molecule is CC(C)(C)OC(=O)CC[C@@](N)(C(N)=O)N1Cc2c(OCc3ccc(CN4CCOCC4)cc3)cccc2C1O. The van der Waals surface area contributed by atoms with E-state index < -0.39 is 29.4 Å². The molecule has 2 aliphatic heterocycles. The van der Waals surface area contributed by atoms with Gasteiger partial charge in [0.15, 0.2) is 5.66 Å². The summed E-state index contributed by atoms with van der Waals surface area (Å²) < 4.78 is 16.9. The third-order valence-electron chi connectivity index (χ3n) is 7.07. The molecule has 10 nitrogen and oxygen atoms in total. The van der Waals surface area contributed by atoms with Crippen LogP contribution in [0.15, 0.2) is 42.5 Å². The maximum Gasteiger partial charge on any atom is 0.306 e. The van der Waals surface area contributed by atoms with Gasteiger partial charge < -0.3 is 30.8 Å². The number of morpholine rings is 1. The van der Waals surface area contributed by atoms with Crippen molar-refractivity contribution in [2.45, 2.75) is 70.8 Å². The lowest BCUT2D eigenvalue weighted by Crippen LogP contribution is -2.63. The van der Waals surface area contributed by atoms with Gasteiger partial charge in [0.25, 0.3) is 5.91 Å². The average molecular weight is 541 g/mol. The van der Waals surface area contributed by atoms with E-state index in [0.29, 0.717) is 17.9 Å². The fraction of sp³-hybridized carbons (Fsp3) is 0.517. The average Bonchev–Trinajstić information content (AvgIpc) is 3.24. The highest BCUT2D eigenvalue weighted by molar-refractivity contribution is 5.85. The molecule has 0 radical (unpaired) electrons. The first-order valence-electron chi connectivity index (χ1n) is 13.3. The van der Waals surface area contributed by atoms with Crippen molar-refractivity contribution in [2.24, 2.45) is 11.5 Å². The van der Waals surface area contributed by atoms with E-state index in [2.05, 4.69) is 29.2 Å². The first kappa shape index (κ1) is 29.0. The quantitative estimate of drug-likeness (QED) is 0.387. The Morgan fingerprint density at radius 1 is 1.08 bits per heavy atom. The summed E-state index contributed by atoms with van der Waals surface area (Å²) in [4.78, 5) is 28.6. The van der Waals surface area contributed by atoms with E-state index in [1.807, 2.05) is 6.07 Å². The van der Waals surface area contributed by atoms with Gasteiger partial charge in [-0.05, 0) is 44.4 Å². The lowest BCUT2D eigenvalue weighted by Gasteiger charge is -2.37. The van der Waals surface area contributed by atoms with Crippen LogP contribution in [0.2, 0.25) is 0 Å². The summed E-state index contributed by atoms with van der Waals surface area (Å²) in [7, 11) is 0. The molecule has 0 spiro atoms. The number of esters is 1. The first-order chi connectivity index (χ1) is 18.5. The third kappa shape index (κ3) is 7.14. The Balaban J connectivity index is 1.41. The van der Waals surface area contributed by atoms with Crippen molar-refractivity contribution in [3.05, 3.63) is 64.7 Å². The number of hydrogen-bond acceptors (Lipinski definition) is 9. The molecule has 1 fully saturated rings. The van der Waals surface area contributed by atoms with E-state index in [0.717, 1.165) is 44.0 Å². The molecule has 2 aromatic carbocycles. The van der Waals surface area contributed by atoms with Crippen LogP contribution in [0.25, 0.3) is 0 Å². The number of carbonyl (C=O) groups excluding carboxylic acids is 2. The van der Waals surface area contributed by atoms with Gasteiger partial charge >= 0.3 is 5.97 Å². The Morgan fingerprint density at radius 2 is 1.74 bits per heavy atom. The van der Waals surface area contributed by atoms with Gasteiger partial charge in [0.1, 0.15) is 24.2 Å². The third-order valence-corrected chi connectivity index (χ3v) is 7.07. The number of rotatable bonds is 10. The number of carbonyl (C=O) groups is 2. The maximum absolute atomic E-state index is 12.5. The molecule has 2 aromatic rings. The molecule has 0 aromatic heterocycles. The second-order valence-electron chi connectivity index (χ2n) is 11.2. The van der Waals surface area contributed by atoms with Crippen LogP contribution in [0.4, 0.5) is 0 Å². The minimum absolute atomic E-state index is 0.102. The summed E-state index contributed by atoms with van der Waals surface area (Å²) in [6.45, 7) is 10.1. The highest BCUT2D eigenvalue weighted by Crippen LogP contribution is 2.41. The standard InChI is InChI=1S/C29H40N4O6/c1-28(2,3)39-25(34)11-12-29(31,27(30)36)33-18-23-22(26(33)35)5-4-6-24(23)38-19-21-9-7-20(8-10-21)17-32-13-15-37-16-14-32/h4-10,26,35H,11-19,31H2,1-3H3,(H2,30,36)/t26?,29-/m0/s1. The number of primary amides is 1. The Labute approximate surface area is 229 Å². The van der Waals surface area contributed by atoms with Crippen molar-refractivity contribution in [3.8, 4) is 5.75 Å². The molecule has 5 N–H and O–H groups in total. The molecular weight excluding hydrogens is 500 g/mol. The molecule has 0 aliphatic carbocycles. The number of aliphatic hydroxyl groups is 1. The minimum atomic E-state index is -1.76. The summed E-state index contributed by atoms with van der Waals surface area (Å²) in [6, 6.07) is 13.7. The molecule has 0 bridgehead atoms. The van der Waals surface area contributed by atoms with Crippen molar-refractivity contribution in [1.82, 2.24) is 9.80 Å². The molecule has 10 heteroatoms. The van der Waals surface area contributed by atoms with E-state index in [4.69, 9.17) is 25.7 Å². The lowest BCUT2D eigenvalue weighted by atomic mass is 10.0. The number of fused-ring (bicyclic) bond motifs is 1. The van der Waals surface area contributed by atoms with Crippen molar-refractivity contribution >= 4 is 11.9 Å². The molecule has 2 aliphatic rings. The van der Waals surface area contributed by atoms with Gasteiger partial charge in [-0.1, -0.05) is 36.4 Å². The molecule has 39 heavy (non-hydrogen) atoms. The highest BCUT2D eigenvalue weighted by Gasteiger charge is 2.47. The largest absolute Gasteiger partial charge is 0.489 e. The number of benzene rings is 2. The van der Waals surface area contributed by atoms with Crippen molar-refractivity contribution in [3.63, 3.8) is 0 Å². The Bertz CT molecular complexity index is 1160. The summed E-state index contributed by atoms with van der Waals surface area (Å²) in [5, 5.41) is 11.1. The van der Waals surface area contributed by atoms with E-state index in [1.54, 1.807) is 32.9 Å². The minimum Gasteiger partial charge on any atom is -0.489 e. The van der Waals surface area contributed by atoms with E-state index in [1.165, 1.54) is 10.5 Å². The zero-order valence-electron chi connectivity index (χ0n) is 23.0. The number of ether oxygens (including phenoxy) is 3. The normalized spacial score (nSPS) is 19.8. The van der Waals surface area contributed by atoms with Gasteiger partial charge in [0, 0.05) is 43.7 Å². The Morgan fingerprint density at radius 3 is 2.38 bits per heavy atom. The summed E-state index contributed by atoms with van der Waals surface area (Å²) >= 11 is 0. The van der Waals surface area contributed by atoms with Crippen LogP contribution >= 0.6 is 0 Å². The Kier molecular flexibility index (Phi) is 8.93. The predicted octanol–water partition coefficient (Wildman–Crippen LogP) is 2.17. The molecule has 0 saturated carbocycles. The Hall–Kier alpha value is -3.02. The molecule has 1 amide bonds. The van der Waals surface area contributed by atoms with Gasteiger partial charge in [0.05, 0.1) is 13.2 Å². The second-order valence-corrected chi connectivity index (χ2v) is 11.2. The number of aliphatic hydroxyl groups excluding tert-OH is 1. The monoisotopic (exact) mass is 540 g/mol. The van der Waals surface area contributed by atoms with Crippen LogP contribution in [0.3, 0.4) is 0 Å². The fourth-order valence-corrected chi connectivity index (χ4v) is 4.93. The summed E-state index contributed by atoms with van der Waals surface area (Å²) in [5.41, 5.74) is 13.3. The topological polar surface area (TPSA) is 141 Å². The van der Waals surface area contributed by atoms with E-state index in [-0.39, 0.29) is 19.4 Å². The van der Waals surface area contributed by atoms with Gasteiger partial charge in [-0.15, -0.1) is 0 Å². The van der Waals surface area contributed by atoms with Gasteiger partial charge in [0.2, 0.25) is 0 Å². The zero-order chi connectivity index (χ0) is 28.2. The van der Waals surface area contributed by atoms with Crippen LogP contribution in [0.5, 0.6) is 5.75 Å². The molecule has 1 unspecified atom stereocenters. The molecule has 2 atom stereocenters. The first-order valence-corrected chi connectivity index (χ1v) is 13.3. The van der Waals surface area contributed by atoms with Gasteiger partial charge in [-0.25, -0.2) is 4.90 Å². The summed E-state index contributed by atoms with van der Waals surface area (Å²) in [5.74, 6) is -0.743.